The van der Waals surface area contributed by atoms with Crippen molar-refractivity contribution in [3.05, 3.63) is 0 Å². The topological polar surface area (TPSA) is 26.0 Å². The van der Waals surface area contributed by atoms with E-state index in [0.29, 0.717) is 12.0 Å². The number of nitrogens with two attached hydrogens (primary N) is 1. The molecule has 0 amide bonds. The van der Waals surface area contributed by atoms with Crippen LogP contribution in [-0.2, 0) is 0 Å². The highest BCUT2D eigenvalue weighted by atomic mass is 32.2. The van der Waals surface area contributed by atoms with E-state index < -0.39 is 0 Å². The van der Waals surface area contributed by atoms with E-state index in [1.54, 1.807) is 0 Å². The molecule has 0 fully saturated rings. The molecule has 0 saturated carbocycles. The van der Waals surface area contributed by atoms with Crippen LogP contribution in [-0.4, -0.2) is 17.0 Å². The molecule has 0 heterocycles. The third-order valence-electron chi connectivity index (χ3n) is 2.95. The predicted molar refractivity (Wildman–Crippen MR) is 64.2 cm³/mol. The maximum atomic E-state index is 5.87. The van der Waals surface area contributed by atoms with E-state index in [1.165, 1.54) is 12.2 Å². The second kappa shape index (κ2) is 6.72. The molecule has 0 aliphatic carbocycles. The molecule has 1 nitrogen and oxygen atoms in total. The maximum Gasteiger partial charge on any atom is 0.00389 e. The molecule has 80 valence electrons. The van der Waals surface area contributed by atoms with Crippen molar-refractivity contribution in [2.45, 2.75) is 52.3 Å². The minimum absolute atomic E-state index is 0.326. The fourth-order valence-corrected chi connectivity index (χ4v) is 2.28. The van der Waals surface area contributed by atoms with Crippen molar-refractivity contribution in [2.75, 3.05) is 5.75 Å². The molecule has 0 bridgehead atoms. The third-order valence-corrected chi connectivity index (χ3v) is 4.57. The first-order valence-electron chi connectivity index (χ1n) is 5.36. The van der Waals surface area contributed by atoms with E-state index in [4.69, 9.17) is 5.73 Å². The minimum atomic E-state index is 0.326. The molecule has 0 saturated heterocycles. The molecule has 0 spiro atoms. The van der Waals surface area contributed by atoms with Gasteiger partial charge in [0.25, 0.3) is 0 Å². The Morgan fingerprint density at radius 3 is 2.08 bits per heavy atom. The van der Waals surface area contributed by atoms with Gasteiger partial charge in [-0.05, 0) is 30.9 Å². The van der Waals surface area contributed by atoms with E-state index >= 15 is 0 Å². The van der Waals surface area contributed by atoms with Crippen LogP contribution in [0.25, 0.3) is 0 Å². The Bertz CT molecular complexity index is 125. The fourth-order valence-electron chi connectivity index (χ4n) is 1.10. The molecule has 0 aliphatic rings. The van der Waals surface area contributed by atoms with Gasteiger partial charge in [0, 0.05) is 11.3 Å². The molecular weight excluding hydrogens is 178 g/mol. The van der Waals surface area contributed by atoms with E-state index in [2.05, 4.69) is 46.4 Å². The Morgan fingerprint density at radius 1 is 1.15 bits per heavy atom. The average molecular weight is 203 g/mol. The van der Waals surface area contributed by atoms with Gasteiger partial charge in [-0.25, -0.2) is 0 Å². The van der Waals surface area contributed by atoms with Crippen molar-refractivity contribution in [3.63, 3.8) is 0 Å². The highest BCUT2D eigenvalue weighted by molar-refractivity contribution is 7.99. The van der Waals surface area contributed by atoms with Gasteiger partial charge in [-0.15, -0.1) is 0 Å². The molecule has 0 aromatic heterocycles. The minimum Gasteiger partial charge on any atom is -0.328 e. The van der Waals surface area contributed by atoms with Gasteiger partial charge in [0.05, 0.1) is 0 Å². The summed E-state index contributed by atoms with van der Waals surface area (Å²) in [5, 5.41) is 0.794. The van der Waals surface area contributed by atoms with E-state index in [1.807, 2.05) is 0 Å². The first kappa shape index (κ1) is 13.3. The van der Waals surface area contributed by atoms with Gasteiger partial charge >= 0.3 is 0 Å². The highest BCUT2D eigenvalue weighted by Gasteiger charge is 2.16. The summed E-state index contributed by atoms with van der Waals surface area (Å²) in [5.41, 5.74) is 5.87. The zero-order chi connectivity index (χ0) is 10.4. The summed E-state index contributed by atoms with van der Waals surface area (Å²) in [7, 11) is 0. The van der Waals surface area contributed by atoms with Gasteiger partial charge in [-0.1, -0.05) is 27.7 Å². The molecular formula is C11H25NS. The number of hydrogen-bond donors (Lipinski definition) is 1. The molecule has 2 heteroatoms. The van der Waals surface area contributed by atoms with Crippen LogP contribution in [0.5, 0.6) is 0 Å². The van der Waals surface area contributed by atoms with E-state index in [9.17, 15) is 0 Å². The lowest BCUT2D eigenvalue weighted by Crippen LogP contribution is -2.30. The van der Waals surface area contributed by atoms with Gasteiger partial charge in [-0.2, -0.15) is 11.8 Å². The summed E-state index contributed by atoms with van der Waals surface area (Å²) < 4.78 is 0. The zero-order valence-corrected chi connectivity index (χ0v) is 10.5. The Labute approximate surface area is 87.9 Å². The van der Waals surface area contributed by atoms with E-state index in [0.717, 1.165) is 11.2 Å². The van der Waals surface area contributed by atoms with Gasteiger partial charge in [0.15, 0.2) is 0 Å². The first-order chi connectivity index (χ1) is 5.99. The Hall–Kier alpha value is 0.310. The van der Waals surface area contributed by atoms with Crippen LogP contribution in [0, 0.1) is 11.8 Å². The summed E-state index contributed by atoms with van der Waals surface area (Å²) in [6, 6.07) is 0.326. The normalized spacial score (nSPS) is 20.8. The van der Waals surface area contributed by atoms with Crippen LogP contribution in [0.1, 0.15) is 41.0 Å². The Balaban J connectivity index is 3.67. The fraction of sp³-hybridized carbons (Fsp3) is 1.00. The zero-order valence-electron chi connectivity index (χ0n) is 9.71. The number of hydrogen-bond acceptors (Lipinski definition) is 2. The van der Waals surface area contributed by atoms with Gasteiger partial charge in [0.1, 0.15) is 0 Å². The second-order valence-electron chi connectivity index (χ2n) is 4.25. The Kier molecular flexibility index (Phi) is 6.88. The van der Waals surface area contributed by atoms with Crippen LogP contribution >= 0.6 is 11.8 Å². The second-order valence-corrected chi connectivity index (χ2v) is 5.72. The molecule has 2 N–H and O–H groups in total. The quantitative estimate of drug-likeness (QED) is 0.718. The molecule has 0 aromatic carbocycles. The number of thioether (sulfide) groups is 1. The van der Waals surface area contributed by atoms with Gasteiger partial charge < -0.3 is 5.73 Å². The Morgan fingerprint density at radius 2 is 1.69 bits per heavy atom. The molecule has 4 unspecified atom stereocenters. The molecule has 13 heavy (non-hydrogen) atoms. The lowest BCUT2D eigenvalue weighted by atomic mass is 9.92. The summed E-state index contributed by atoms with van der Waals surface area (Å²) >= 11 is 2.07. The smallest absolute Gasteiger partial charge is 0.00389 e. The highest BCUT2D eigenvalue weighted by Crippen LogP contribution is 2.23. The SMILES string of the molecule is CCC(C)SCC(C)C(C)C(C)N. The lowest BCUT2D eigenvalue weighted by Gasteiger charge is -2.23. The average Bonchev–Trinajstić information content (AvgIpc) is 2.11. The van der Waals surface area contributed by atoms with Crippen LogP contribution in [0.2, 0.25) is 0 Å². The molecule has 0 radical (unpaired) electrons. The molecule has 0 rings (SSSR count). The molecule has 0 aromatic rings. The van der Waals surface area contributed by atoms with Crippen LogP contribution in [0.3, 0.4) is 0 Å². The van der Waals surface area contributed by atoms with Gasteiger partial charge in [-0.3, -0.25) is 0 Å². The lowest BCUT2D eigenvalue weighted by molar-refractivity contribution is 0.367. The molecule has 4 atom stereocenters. The number of rotatable bonds is 6. The van der Waals surface area contributed by atoms with Crippen molar-refractivity contribution in [2.24, 2.45) is 17.6 Å². The van der Waals surface area contributed by atoms with Gasteiger partial charge in [0.2, 0.25) is 0 Å². The molecule has 0 aliphatic heterocycles. The summed E-state index contributed by atoms with van der Waals surface area (Å²) in [4.78, 5) is 0. The van der Waals surface area contributed by atoms with Crippen molar-refractivity contribution < 1.29 is 0 Å². The third kappa shape index (κ3) is 5.58. The summed E-state index contributed by atoms with van der Waals surface area (Å²) in [6.07, 6.45) is 1.27. The van der Waals surface area contributed by atoms with Crippen molar-refractivity contribution in [1.29, 1.82) is 0 Å². The summed E-state index contributed by atoms with van der Waals surface area (Å²) in [6.45, 7) is 11.2. The van der Waals surface area contributed by atoms with E-state index in [-0.39, 0.29) is 0 Å². The first-order valence-corrected chi connectivity index (χ1v) is 6.41. The van der Waals surface area contributed by atoms with Crippen molar-refractivity contribution >= 4 is 11.8 Å². The summed E-state index contributed by atoms with van der Waals surface area (Å²) in [5.74, 6) is 2.62. The van der Waals surface area contributed by atoms with Crippen LogP contribution in [0.4, 0.5) is 0 Å². The monoisotopic (exact) mass is 203 g/mol. The predicted octanol–water partition coefficient (Wildman–Crippen LogP) is 3.14. The largest absolute Gasteiger partial charge is 0.328 e. The standard InChI is InChI=1S/C11H25NS/c1-6-9(3)13-7-8(2)10(4)11(5)12/h8-11H,6-7,12H2,1-5H3. The van der Waals surface area contributed by atoms with Crippen molar-refractivity contribution in [1.82, 2.24) is 0 Å². The van der Waals surface area contributed by atoms with Crippen LogP contribution in [0.15, 0.2) is 0 Å². The van der Waals surface area contributed by atoms with Crippen molar-refractivity contribution in [3.8, 4) is 0 Å². The maximum absolute atomic E-state index is 5.87. The van der Waals surface area contributed by atoms with Crippen LogP contribution < -0.4 is 5.73 Å².